The summed E-state index contributed by atoms with van der Waals surface area (Å²) in [7, 11) is 1.61. The third-order valence-corrected chi connectivity index (χ3v) is 6.42. The van der Waals surface area contributed by atoms with E-state index in [1.165, 1.54) is 35.5 Å². The number of nitrogens with zero attached hydrogens (tertiary/aromatic N) is 1. The maximum atomic E-state index is 12.4. The van der Waals surface area contributed by atoms with Gasteiger partial charge in [0.15, 0.2) is 0 Å². The van der Waals surface area contributed by atoms with Crippen LogP contribution in [0.25, 0.3) is 9.88 Å². The molecule has 2 fully saturated rings. The molecule has 2 aliphatic heterocycles. The van der Waals surface area contributed by atoms with Gasteiger partial charge in [-0.05, 0) is 31.4 Å². The van der Waals surface area contributed by atoms with E-state index in [4.69, 9.17) is 4.74 Å². The van der Waals surface area contributed by atoms with Crippen LogP contribution in [0.15, 0.2) is 17.5 Å². The second kappa shape index (κ2) is 5.64. The van der Waals surface area contributed by atoms with Gasteiger partial charge in [0.2, 0.25) is 5.88 Å². The van der Waals surface area contributed by atoms with Crippen LogP contribution in [0.4, 0.5) is 0 Å². The molecule has 0 spiro atoms. The van der Waals surface area contributed by atoms with Crippen LogP contribution in [0.5, 0.6) is 5.88 Å². The van der Waals surface area contributed by atoms with Gasteiger partial charge in [-0.3, -0.25) is 4.79 Å². The third kappa shape index (κ3) is 2.53. The number of thiazole rings is 1. The smallest absolute Gasteiger partial charge is 0.261 e. The highest BCUT2D eigenvalue weighted by Crippen LogP contribution is 2.33. The summed E-state index contributed by atoms with van der Waals surface area (Å²) in [6, 6.07) is 5.16. The maximum Gasteiger partial charge on any atom is 0.261 e. The van der Waals surface area contributed by atoms with Crippen molar-refractivity contribution in [1.29, 1.82) is 0 Å². The molecule has 4 heterocycles. The van der Waals surface area contributed by atoms with Crippen LogP contribution in [0.2, 0.25) is 0 Å². The quantitative estimate of drug-likeness (QED) is 0.901. The Balaban J connectivity index is 1.45. The molecule has 2 saturated heterocycles. The number of thiophene rings is 1. The molecule has 5 nitrogen and oxygen atoms in total. The highest BCUT2D eigenvalue weighted by atomic mass is 32.1. The molecule has 0 aromatic carbocycles. The summed E-state index contributed by atoms with van der Waals surface area (Å²) in [6.07, 6.45) is 3.47. The lowest BCUT2D eigenvalue weighted by atomic mass is 9.95. The van der Waals surface area contributed by atoms with Gasteiger partial charge >= 0.3 is 0 Å². The Bertz CT molecular complexity index is 697. The number of carbonyl (C=O) groups is 1. The fourth-order valence-electron chi connectivity index (χ4n) is 3.26. The van der Waals surface area contributed by atoms with Crippen molar-refractivity contribution in [2.24, 2.45) is 0 Å². The Kier molecular flexibility index (Phi) is 3.63. The molecule has 2 aromatic rings. The molecule has 0 radical (unpaired) electrons. The third-order valence-electron chi connectivity index (χ3n) is 4.35. The fourth-order valence-corrected chi connectivity index (χ4v) is 5.02. The van der Waals surface area contributed by atoms with Crippen molar-refractivity contribution in [2.45, 2.75) is 37.4 Å². The van der Waals surface area contributed by atoms with Gasteiger partial charge in [-0.1, -0.05) is 0 Å². The summed E-state index contributed by atoms with van der Waals surface area (Å²) < 4.78 is 5.11. The van der Waals surface area contributed by atoms with Crippen LogP contribution < -0.4 is 15.4 Å². The summed E-state index contributed by atoms with van der Waals surface area (Å²) in [4.78, 5) is 18.5. The van der Waals surface area contributed by atoms with Gasteiger partial charge in [-0.2, -0.15) is 0 Å². The zero-order valence-corrected chi connectivity index (χ0v) is 13.8. The number of ether oxygens (including phenoxy) is 1. The number of nitrogens with one attached hydrogen (secondary N) is 2. The summed E-state index contributed by atoms with van der Waals surface area (Å²) in [5.74, 6) is 0.645. The first kappa shape index (κ1) is 14.2. The molecular formula is C15H17N3O2S2. The molecular weight excluding hydrogens is 318 g/mol. The minimum Gasteiger partial charge on any atom is -0.480 e. The molecule has 2 aliphatic rings. The normalized spacial score (nSPS) is 26.3. The molecule has 2 aromatic heterocycles. The van der Waals surface area contributed by atoms with Gasteiger partial charge in [0, 0.05) is 18.1 Å². The van der Waals surface area contributed by atoms with Crippen molar-refractivity contribution in [2.75, 3.05) is 7.11 Å². The number of carbonyl (C=O) groups excluding carboxylic acids is 1. The number of hydrogen-bond donors (Lipinski definition) is 2. The Morgan fingerprint density at radius 2 is 2.36 bits per heavy atom. The highest BCUT2D eigenvalue weighted by molar-refractivity contribution is 7.22. The average molecular weight is 335 g/mol. The van der Waals surface area contributed by atoms with Crippen LogP contribution in [0.1, 0.15) is 28.9 Å². The van der Waals surface area contributed by atoms with Crippen molar-refractivity contribution in [3.8, 4) is 15.8 Å². The Hall–Kier alpha value is -1.44. The topological polar surface area (TPSA) is 63.2 Å². The van der Waals surface area contributed by atoms with Gasteiger partial charge in [0.1, 0.15) is 5.01 Å². The van der Waals surface area contributed by atoms with E-state index in [9.17, 15) is 4.79 Å². The molecule has 4 rings (SSSR count). The van der Waals surface area contributed by atoms with E-state index in [2.05, 4.69) is 15.6 Å². The van der Waals surface area contributed by atoms with E-state index in [0.29, 0.717) is 18.0 Å². The standard InChI is InChI=1S/C15H17N3O2S2/c1-20-13-7-21-15(18-13)12-5-4-11(22-12)14(19)17-10-6-8-2-3-9(10)16-8/h4-5,7-10,16H,2-3,6H2,1H3,(H,17,19). The monoisotopic (exact) mass is 335 g/mol. The van der Waals surface area contributed by atoms with Crippen molar-refractivity contribution in [3.63, 3.8) is 0 Å². The molecule has 2 bridgehead atoms. The van der Waals surface area contributed by atoms with Gasteiger partial charge < -0.3 is 15.4 Å². The van der Waals surface area contributed by atoms with E-state index in [0.717, 1.165) is 21.2 Å². The minimum absolute atomic E-state index is 0.0270. The number of rotatable bonds is 4. The summed E-state index contributed by atoms with van der Waals surface area (Å²) >= 11 is 3.01. The van der Waals surface area contributed by atoms with E-state index < -0.39 is 0 Å². The number of aromatic nitrogens is 1. The van der Waals surface area contributed by atoms with Crippen LogP contribution in [0.3, 0.4) is 0 Å². The molecule has 116 valence electrons. The predicted octanol–water partition coefficient (Wildman–Crippen LogP) is 2.50. The second-order valence-corrected chi connectivity index (χ2v) is 7.66. The fraction of sp³-hybridized carbons (Fsp3) is 0.467. The van der Waals surface area contributed by atoms with Crippen LogP contribution in [-0.2, 0) is 0 Å². The molecule has 2 N–H and O–H groups in total. The van der Waals surface area contributed by atoms with Gasteiger partial charge in [0.25, 0.3) is 5.91 Å². The number of methoxy groups -OCH3 is 1. The summed E-state index contributed by atoms with van der Waals surface area (Å²) in [5.41, 5.74) is 0. The van der Waals surface area contributed by atoms with Crippen molar-refractivity contribution >= 4 is 28.6 Å². The van der Waals surface area contributed by atoms with Crippen molar-refractivity contribution < 1.29 is 9.53 Å². The van der Waals surface area contributed by atoms with Gasteiger partial charge in [0.05, 0.1) is 22.2 Å². The molecule has 0 aliphatic carbocycles. The number of amides is 1. The molecule has 22 heavy (non-hydrogen) atoms. The Labute approximate surface area is 136 Å². The lowest BCUT2D eigenvalue weighted by molar-refractivity contribution is 0.0935. The molecule has 0 saturated carbocycles. The summed E-state index contributed by atoms with van der Waals surface area (Å²) in [5, 5.41) is 9.48. The zero-order valence-electron chi connectivity index (χ0n) is 12.2. The Morgan fingerprint density at radius 1 is 1.45 bits per heavy atom. The average Bonchev–Trinajstić information content (AvgIpc) is 3.28. The lowest BCUT2D eigenvalue weighted by Crippen LogP contribution is -2.42. The van der Waals surface area contributed by atoms with Gasteiger partial charge in [-0.15, -0.1) is 22.7 Å². The minimum atomic E-state index is 0.0270. The van der Waals surface area contributed by atoms with Crippen LogP contribution in [0, 0.1) is 0 Å². The lowest BCUT2D eigenvalue weighted by Gasteiger charge is -2.20. The summed E-state index contributed by atoms with van der Waals surface area (Å²) in [6.45, 7) is 0. The van der Waals surface area contributed by atoms with E-state index in [1.807, 2.05) is 17.5 Å². The highest BCUT2D eigenvalue weighted by Gasteiger charge is 2.39. The maximum absolute atomic E-state index is 12.4. The van der Waals surface area contributed by atoms with Crippen LogP contribution >= 0.6 is 22.7 Å². The largest absolute Gasteiger partial charge is 0.480 e. The first-order chi connectivity index (χ1) is 10.7. The second-order valence-electron chi connectivity index (χ2n) is 5.72. The zero-order chi connectivity index (χ0) is 15.1. The SMILES string of the molecule is COc1csc(-c2ccc(C(=O)NC3CC4CCC3N4)s2)n1. The Morgan fingerprint density at radius 3 is 3.05 bits per heavy atom. The van der Waals surface area contributed by atoms with E-state index >= 15 is 0 Å². The molecule has 1 amide bonds. The number of hydrogen-bond acceptors (Lipinski definition) is 6. The van der Waals surface area contributed by atoms with Crippen molar-refractivity contribution in [3.05, 3.63) is 22.4 Å². The predicted molar refractivity (Wildman–Crippen MR) is 87.8 cm³/mol. The molecule has 3 atom stereocenters. The van der Waals surface area contributed by atoms with E-state index in [-0.39, 0.29) is 11.9 Å². The molecule has 7 heteroatoms. The number of fused-ring (bicyclic) bond motifs is 2. The first-order valence-electron chi connectivity index (χ1n) is 7.39. The van der Waals surface area contributed by atoms with Crippen molar-refractivity contribution in [1.82, 2.24) is 15.6 Å². The van der Waals surface area contributed by atoms with Gasteiger partial charge in [-0.25, -0.2) is 4.98 Å². The molecule has 3 unspecified atom stereocenters. The van der Waals surface area contributed by atoms with Crippen LogP contribution in [-0.4, -0.2) is 36.1 Å². The van der Waals surface area contributed by atoms with E-state index in [1.54, 1.807) is 7.11 Å². The first-order valence-corrected chi connectivity index (χ1v) is 9.09.